The molecule has 0 aliphatic carbocycles. The number of ether oxygens (including phenoxy) is 4. The quantitative estimate of drug-likeness (QED) is 0.0435. The highest BCUT2D eigenvalue weighted by Gasteiger charge is 2.19. The normalized spacial score (nSPS) is 11.5. The lowest BCUT2D eigenvalue weighted by Crippen LogP contribution is -2.28. The van der Waals surface area contributed by atoms with Crippen molar-refractivity contribution >= 4 is 117 Å². The van der Waals surface area contributed by atoms with Gasteiger partial charge in [-0.2, -0.15) is 0 Å². The minimum Gasteiger partial charge on any atom is -0.479 e. The average molecular weight is 1460 g/mol. The monoisotopic (exact) mass is 1450 g/mol. The topological polar surface area (TPSA) is 259 Å². The lowest BCUT2D eigenvalue weighted by atomic mass is 10.1. The number of Topliss-reactive ketones (excluding diaryl/α,β-unsaturated/α-hetero) is 2. The number of fused-ring (bicyclic) bond motifs is 2. The number of hydrogen-bond donors (Lipinski definition) is 3. The van der Waals surface area contributed by atoms with E-state index in [1.54, 1.807) is 105 Å². The van der Waals surface area contributed by atoms with Gasteiger partial charge in [0.15, 0.2) is 17.7 Å². The summed E-state index contributed by atoms with van der Waals surface area (Å²) in [6, 6.07) is 32.5. The van der Waals surface area contributed by atoms with Crippen molar-refractivity contribution in [1.82, 2.24) is 29.1 Å². The van der Waals surface area contributed by atoms with E-state index in [0.717, 1.165) is 19.0 Å². The zero-order chi connectivity index (χ0) is 67.0. The highest BCUT2D eigenvalue weighted by atomic mass is 79.9. The number of hydrogen-bond acceptors (Lipinski definition) is 15. The molecular formula is C68H78Br3ClN8O11. The molecule has 4 atom stereocenters. The molecule has 4 aromatic carbocycles. The van der Waals surface area contributed by atoms with Gasteiger partial charge in [-0.15, -0.1) is 18.8 Å². The van der Waals surface area contributed by atoms with Crippen LogP contribution >= 0.6 is 60.2 Å². The van der Waals surface area contributed by atoms with Crippen LogP contribution in [0.3, 0.4) is 0 Å². The molecule has 4 N–H and O–H groups in total. The number of nitrogen functional groups attached to an aromatic ring is 1. The minimum atomic E-state index is -0.910. The Morgan fingerprint density at radius 1 is 0.593 bits per heavy atom. The molecule has 484 valence electrons. The predicted octanol–water partition coefficient (Wildman–Crippen LogP) is 13.6. The van der Waals surface area contributed by atoms with E-state index in [1.807, 2.05) is 102 Å². The predicted molar refractivity (Wildman–Crippen MR) is 372 cm³/mol. The number of nitrogens with one attached hydrogen (secondary N) is 1. The van der Waals surface area contributed by atoms with Crippen LogP contribution in [0.1, 0.15) is 144 Å². The van der Waals surface area contributed by atoms with Crippen LogP contribution < -0.4 is 22.2 Å². The number of carboxylic acid groups (broad SMARTS) is 1. The Bertz CT molecular complexity index is 3910. The molecule has 0 spiro atoms. The number of pyridine rings is 2. The molecule has 0 fully saturated rings. The van der Waals surface area contributed by atoms with Crippen LogP contribution in [0.5, 0.6) is 0 Å². The van der Waals surface area contributed by atoms with Crippen LogP contribution in [0.15, 0.2) is 145 Å². The van der Waals surface area contributed by atoms with Crippen molar-refractivity contribution in [3.63, 3.8) is 0 Å². The molecule has 0 aliphatic heterocycles. The van der Waals surface area contributed by atoms with Crippen molar-refractivity contribution in [3.8, 4) is 24.2 Å². The van der Waals surface area contributed by atoms with E-state index >= 15 is 0 Å². The van der Waals surface area contributed by atoms with E-state index in [-0.39, 0.29) is 53.2 Å². The lowest BCUT2D eigenvalue weighted by Gasteiger charge is -2.15. The van der Waals surface area contributed by atoms with E-state index in [0.29, 0.717) is 107 Å². The third-order valence-corrected chi connectivity index (χ3v) is 14.1. The van der Waals surface area contributed by atoms with Crippen molar-refractivity contribution in [2.24, 2.45) is 14.1 Å². The van der Waals surface area contributed by atoms with Crippen LogP contribution in [0.25, 0.3) is 21.8 Å². The zero-order valence-electron chi connectivity index (χ0n) is 53.0. The summed E-state index contributed by atoms with van der Waals surface area (Å²) in [6.07, 6.45) is 7.64. The highest BCUT2D eigenvalue weighted by molar-refractivity contribution is 9.11. The second-order valence-corrected chi connectivity index (χ2v) is 21.8. The molecule has 4 aromatic heterocycles. The maximum Gasteiger partial charge on any atom is 0.332 e. The standard InChI is InChI=1S/C20H19N3O2.C14H18BrNO3.C13H15BrN2O2.C9H10BrNO.C7H5N.C5H10O3.ClH/c1-4-25-14(2)19-22-18-13-15(8-10-16-7-5-6-12-21-16)9-11-17(18)20(24)23(19)3;1-4-13(17)11-7-6-10(15)8-12(11)16-14(18)9(3)19-5-2;1-4-18-8(2)12-15-11-7-9(14)5-6-10(11)13(17)16(12)3;1-2-9(12)7-4-3-6(10)5-8(7)11;1-2-7-5-3-4-6-8-7;1-3-8-4(2)5(6)7;/h5-7,9,11-14H,4H2,1-3H3;6-9H,4-5H2,1-3H3,(H,16,18);5-8H,4H2,1-3H3;3-5H,2,11H2,1H3;1,3-6H;4H,3H2,1-2H3,(H,6,7);1H. The summed E-state index contributed by atoms with van der Waals surface area (Å²) in [5.74, 6) is 8.65. The fraction of sp³-hybridized carbons (Fsp3) is 0.324. The maximum atomic E-state index is 12.6. The van der Waals surface area contributed by atoms with E-state index in [2.05, 4.69) is 90.8 Å². The van der Waals surface area contributed by atoms with Crippen LogP contribution in [0.2, 0.25) is 0 Å². The summed E-state index contributed by atoms with van der Waals surface area (Å²) >= 11 is 9.99. The second kappa shape index (κ2) is 41.6. The molecule has 91 heavy (non-hydrogen) atoms. The molecule has 8 aromatic rings. The molecule has 4 heterocycles. The number of nitrogens with two attached hydrogens (primary N) is 1. The number of nitrogens with zero attached hydrogens (tertiary/aromatic N) is 6. The Hall–Kier alpha value is -7.77. The Morgan fingerprint density at radius 3 is 1.49 bits per heavy atom. The van der Waals surface area contributed by atoms with Gasteiger partial charge in [0.05, 0.1) is 27.5 Å². The van der Waals surface area contributed by atoms with Gasteiger partial charge in [0.1, 0.15) is 41.3 Å². The smallest absolute Gasteiger partial charge is 0.332 e. The number of anilines is 2. The van der Waals surface area contributed by atoms with Crippen molar-refractivity contribution in [2.75, 3.05) is 37.5 Å². The number of aliphatic carboxylic acids is 1. The van der Waals surface area contributed by atoms with Crippen LogP contribution in [0, 0.1) is 24.2 Å². The number of ketones is 2. The fourth-order valence-electron chi connectivity index (χ4n) is 7.94. The molecule has 8 rings (SSSR count). The first kappa shape index (κ1) is 79.3. The summed E-state index contributed by atoms with van der Waals surface area (Å²) in [6.45, 7) is 20.1. The molecule has 0 aliphatic rings. The molecule has 23 heteroatoms. The van der Waals surface area contributed by atoms with Gasteiger partial charge in [0, 0.05) is 102 Å². The lowest BCUT2D eigenvalue weighted by molar-refractivity contribution is -0.148. The maximum absolute atomic E-state index is 12.6. The Kier molecular flexibility index (Phi) is 36.2. The average Bonchev–Trinajstić information content (AvgIpc) is 0.820. The van der Waals surface area contributed by atoms with E-state index in [1.165, 1.54) is 6.92 Å². The Morgan fingerprint density at radius 2 is 1.04 bits per heavy atom. The molecular weight excluding hydrogens is 1380 g/mol. The first-order valence-electron chi connectivity index (χ1n) is 28.8. The fourth-order valence-corrected chi connectivity index (χ4v) is 9.03. The SMILES string of the molecule is C#Cc1ccccn1.CCC(=O)c1ccc(Br)cc1N.CCOC(C)C(=O)Nc1cc(Br)ccc1C(=O)CC.CCOC(C)C(=O)O.CCOC(C)c1nc2cc(Br)ccc2c(=O)n1C.CCOC(C)c1nc2cc(C#Cc3ccccn3)ccc2c(=O)n1C.Cl. The highest BCUT2D eigenvalue weighted by Crippen LogP contribution is 2.25. The summed E-state index contributed by atoms with van der Waals surface area (Å²) in [5, 5.41) is 12.1. The third kappa shape index (κ3) is 25.8. The number of terminal acetylenes is 1. The van der Waals surface area contributed by atoms with Gasteiger partial charge < -0.3 is 35.1 Å². The van der Waals surface area contributed by atoms with Gasteiger partial charge in [-0.05, 0) is 158 Å². The number of carboxylic acids is 1. The van der Waals surface area contributed by atoms with E-state index < -0.39 is 18.2 Å². The first-order chi connectivity index (χ1) is 42.9. The van der Waals surface area contributed by atoms with Crippen molar-refractivity contribution in [2.45, 2.75) is 106 Å². The van der Waals surface area contributed by atoms with E-state index in [9.17, 15) is 28.8 Å². The summed E-state index contributed by atoms with van der Waals surface area (Å²) in [5.41, 5.74) is 11.2. The van der Waals surface area contributed by atoms with Gasteiger partial charge in [-0.1, -0.05) is 85.6 Å². The van der Waals surface area contributed by atoms with E-state index in [4.69, 9.17) is 36.2 Å². The molecule has 1 amide bonds. The van der Waals surface area contributed by atoms with Crippen molar-refractivity contribution in [1.29, 1.82) is 0 Å². The third-order valence-electron chi connectivity index (χ3n) is 12.6. The van der Waals surface area contributed by atoms with Gasteiger partial charge in [-0.3, -0.25) is 33.1 Å². The van der Waals surface area contributed by atoms with Gasteiger partial charge in [0.25, 0.3) is 17.0 Å². The summed E-state index contributed by atoms with van der Waals surface area (Å²) in [4.78, 5) is 86.9. The summed E-state index contributed by atoms with van der Waals surface area (Å²) < 4.78 is 26.7. The van der Waals surface area contributed by atoms with Crippen LogP contribution in [-0.2, 0) is 42.6 Å². The molecule has 0 saturated heterocycles. The molecule has 0 radical (unpaired) electrons. The van der Waals surface area contributed by atoms with Gasteiger partial charge >= 0.3 is 5.97 Å². The van der Waals surface area contributed by atoms with Gasteiger partial charge in [0.2, 0.25) is 0 Å². The number of halogens is 4. The Balaban J connectivity index is 0.000000388. The number of amides is 1. The number of aromatic nitrogens is 6. The Labute approximate surface area is 563 Å². The van der Waals surface area contributed by atoms with Crippen molar-refractivity contribution in [3.05, 3.63) is 195 Å². The second-order valence-electron chi connectivity index (χ2n) is 19.1. The van der Waals surface area contributed by atoms with Gasteiger partial charge in [-0.25, -0.2) is 24.7 Å². The molecule has 4 unspecified atom stereocenters. The van der Waals surface area contributed by atoms with Crippen molar-refractivity contribution < 1.29 is 43.2 Å². The number of rotatable bonds is 17. The largest absolute Gasteiger partial charge is 0.479 e. The summed E-state index contributed by atoms with van der Waals surface area (Å²) in [7, 11) is 3.44. The molecule has 0 bridgehead atoms. The molecule has 0 saturated carbocycles. The molecule has 19 nitrogen and oxygen atoms in total. The first-order valence-corrected chi connectivity index (χ1v) is 31.2. The van der Waals surface area contributed by atoms with Crippen LogP contribution in [0.4, 0.5) is 11.4 Å². The zero-order valence-corrected chi connectivity index (χ0v) is 58.6. The number of carbonyl (C=O) groups is 4. The number of carbonyl (C=O) groups excluding carboxylic acids is 3. The minimum absolute atomic E-state index is 0. The number of benzene rings is 4. The van der Waals surface area contributed by atoms with Crippen LogP contribution in [-0.4, -0.2) is 96.3 Å².